The zero-order valence-corrected chi connectivity index (χ0v) is 12.5. The molecule has 5 nitrogen and oxygen atoms in total. The van der Waals surface area contributed by atoms with Crippen molar-refractivity contribution in [3.63, 3.8) is 0 Å². The Labute approximate surface area is 124 Å². The van der Waals surface area contributed by atoms with Crippen molar-refractivity contribution in [2.75, 3.05) is 6.61 Å². The third kappa shape index (κ3) is 3.62. The molecule has 0 saturated carbocycles. The molecule has 0 spiro atoms. The first-order valence-corrected chi connectivity index (χ1v) is 7.24. The fraction of sp³-hybridized carbons (Fsp3) is 0.438. The second-order valence-electron chi connectivity index (χ2n) is 5.71. The summed E-state index contributed by atoms with van der Waals surface area (Å²) in [6, 6.07) is 7.04. The van der Waals surface area contributed by atoms with Gasteiger partial charge in [-0.05, 0) is 24.0 Å². The van der Waals surface area contributed by atoms with E-state index in [-0.39, 0.29) is 24.5 Å². The number of hydrogen-bond donors (Lipinski definition) is 4. The number of nitrogens with one attached hydrogen (secondary N) is 2. The molecule has 1 aromatic carbocycles. The first kappa shape index (κ1) is 15.5. The minimum atomic E-state index is -0.628. The number of hydrogen-bond acceptors (Lipinski definition) is 3. The van der Waals surface area contributed by atoms with Crippen LogP contribution in [0, 0.1) is 5.92 Å². The van der Waals surface area contributed by atoms with Crippen molar-refractivity contribution in [3.8, 4) is 0 Å². The van der Waals surface area contributed by atoms with Crippen LogP contribution < -0.4 is 11.1 Å². The first-order valence-electron chi connectivity index (χ1n) is 7.24. The molecule has 5 heteroatoms. The molecule has 0 aliphatic carbocycles. The van der Waals surface area contributed by atoms with Gasteiger partial charge in [-0.2, -0.15) is 0 Å². The SMILES string of the molecule is CC(C)[C@@H](CO)NC(=O)[C@H](N)Cc1c[nH]c2ccccc12. The maximum absolute atomic E-state index is 12.1. The average Bonchev–Trinajstić information content (AvgIpc) is 2.87. The highest BCUT2D eigenvalue weighted by Gasteiger charge is 2.21. The topological polar surface area (TPSA) is 91.1 Å². The normalized spacial score (nSPS) is 14.3. The Morgan fingerprint density at radius 3 is 2.76 bits per heavy atom. The minimum Gasteiger partial charge on any atom is -0.394 e. The number of rotatable bonds is 6. The molecule has 2 atom stereocenters. The van der Waals surface area contributed by atoms with Gasteiger partial charge in [-0.25, -0.2) is 0 Å². The van der Waals surface area contributed by atoms with Crippen LogP contribution in [0.15, 0.2) is 30.5 Å². The van der Waals surface area contributed by atoms with E-state index in [1.807, 2.05) is 44.3 Å². The third-order valence-electron chi connectivity index (χ3n) is 3.78. The van der Waals surface area contributed by atoms with Gasteiger partial charge in [0.2, 0.25) is 5.91 Å². The average molecular weight is 289 g/mol. The molecule has 114 valence electrons. The molecule has 21 heavy (non-hydrogen) atoms. The Hall–Kier alpha value is -1.85. The summed E-state index contributed by atoms with van der Waals surface area (Å²) in [6.45, 7) is 3.82. The quantitative estimate of drug-likeness (QED) is 0.643. The zero-order valence-electron chi connectivity index (χ0n) is 12.5. The van der Waals surface area contributed by atoms with Crippen LogP contribution in [-0.2, 0) is 11.2 Å². The van der Waals surface area contributed by atoms with Crippen LogP contribution in [0.3, 0.4) is 0 Å². The molecular formula is C16H23N3O2. The number of nitrogens with two attached hydrogens (primary N) is 1. The number of benzene rings is 1. The standard InChI is InChI=1S/C16H23N3O2/c1-10(2)15(9-20)19-16(21)13(17)7-11-8-18-14-6-4-3-5-12(11)14/h3-6,8,10,13,15,18,20H,7,9,17H2,1-2H3,(H,19,21)/t13-,15-/m1/s1. The van der Waals surface area contributed by atoms with E-state index in [9.17, 15) is 9.90 Å². The predicted molar refractivity (Wildman–Crippen MR) is 83.8 cm³/mol. The molecule has 0 saturated heterocycles. The van der Waals surface area contributed by atoms with Crippen molar-refractivity contribution in [2.45, 2.75) is 32.4 Å². The predicted octanol–water partition coefficient (Wildman–Crippen LogP) is 1.17. The summed E-state index contributed by atoms with van der Waals surface area (Å²) >= 11 is 0. The Balaban J connectivity index is 2.03. The van der Waals surface area contributed by atoms with E-state index in [2.05, 4.69) is 10.3 Å². The van der Waals surface area contributed by atoms with Gasteiger partial charge in [0.15, 0.2) is 0 Å². The van der Waals surface area contributed by atoms with E-state index in [1.165, 1.54) is 0 Å². The lowest BCUT2D eigenvalue weighted by atomic mass is 10.0. The van der Waals surface area contributed by atoms with Crippen LogP contribution in [0.1, 0.15) is 19.4 Å². The van der Waals surface area contributed by atoms with Crippen LogP contribution in [0.2, 0.25) is 0 Å². The van der Waals surface area contributed by atoms with Gasteiger partial charge in [0.1, 0.15) is 0 Å². The number of para-hydroxylation sites is 1. The molecule has 5 N–H and O–H groups in total. The smallest absolute Gasteiger partial charge is 0.237 e. The minimum absolute atomic E-state index is 0.0801. The lowest BCUT2D eigenvalue weighted by molar-refractivity contribution is -0.123. The van der Waals surface area contributed by atoms with E-state index in [0.717, 1.165) is 16.5 Å². The lowest BCUT2D eigenvalue weighted by Crippen LogP contribution is -2.49. The van der Waals surface area contributed by atoms with Gasteiger partial charge in [-0.1, -0.05) is 32.0 Å². The van der Waals surface area contributed by atoms with Crippen LogP contribution in [0.5, 0.6) is 0 Å². The largest absolute Gasteiger partial charge is 0.394 e. The van der Waals surface area contributed by atoms with Crippen molar-refractivity contribution in [1.29, 1.82) is 0 Å². The molecule has 2 aromatic rings. The van der Waals surface area contributed by atoms with E-state index in [4.69, 9.17) is 5.73 Å². The number of aromatic nitrogens is 1. The van der Waals surface area contributed by atoms with Crippen molar-refractivity contribution < 1.29 is 9.90 Å². The third-order valence-corrected chi connectivity index (χ3v) is 3.78. The summed E-state index contributed by atoms with van der Waals surface area (Å²) in [6.07, 6.45) is 2.36. The van der Waals surface area contributed by atoms with Crippen molar-refractivity contribution in [2.24, 2.45) is 11.7 Å². The maximum atomic E-state index is 12.1. The van der Waals surface area contributed by atoms with Crippen LogP contribution >= 0.6 is 0 Å². The monoisotopic (exact) mass is 289 g/mol. The Morgan fingerprint density at radius 2 is 2.10 bits per heavy atom. The van der Waals surface area contributed by atoms with Gasteiger partial charge in [-0.3, -0.25) is 4.79 Å². The van der Waals surface area contributed by atoms with E-state index >= 15 is 0 Å². The Bertz CT molecular complexity index is 606. The molecule has 0 radical (unpaired) electrons. The summed E-state index contributed by atoms with van der Waals surface area (Å²) in [4.78, 5) is 15.3. The van der Waals surface area contributed by atoms with Crippen LogP contribution in [0.25, 0.3) is 10.9 Å². The van der Waals surface area contributed by atoms with Gasteiger partial charge in [0.25, 0.3) is 0 Å². The molecule has 0 unspecified atom stereocenters. The van der Waals surface area contributed by atoms with Gasteiger partial charge in [0, 0.05) is 17.1 Å². The van der Waals surface area contributed by atoms with Gasteiger partial charge in [-0.15, -0.1) is 0 Å². The molecule has 0 aliphatic heterocycles. The number of aliphatic hydroxyl groups is 1. The molecule has 1 amide bonds. The molecule has 1 heterocycles. The number of carbonyl (C=O) groups excluding carboxylic acids is 1. The highest BCUT2D eigenvalue weighted by Crippen LogP contribution is 2.18. The second-order valence-corrected chi connectivity index (χ2v) is 5.71. The number of amides is 1. The number of carbonyl (C=O) groups is 1. The second kappa shape index (κ2) is 6.74. The molecule has 0 bridgehead atoms. The number of aromatic amines is 1. The maximum Gasteiger partial charge on any atom is 0.237 e. The summed E-state index contributed by atoms with van der Waals surface area (Å²) in [5, 5.41) is 13.2. The van der Waals surface area contributed by atoms with E-state index in [0.29, 0.717) is 6.42 Å². The Morgan fingerprint density at radius 1 is 1.38 bits per heavy atom. The van der Waals surface area contributed by atoms with E-state index in [1.54, 1.807) is 0 Å². The lowest BCUT2D eigenvalue weighted by Gasteiger charge is -2.22. The summed E-state index contributed by atoms with van der Waals surface area (Å²) in [5.41, 5.74) is 8.06. The zero-order chi connectivity index (χ0) is 15.4. The molecule has 2 rings (SSSR count). The molecular weight excluding hydrogens is 266 g/mol. The first-order chi connectivity index (χ1) is 10.0. The van der Waals surface area contributed by atoms with Crippen molar-refractivity contribution in [3.05, 3.63) is 36.0 Å². The van der Waals surface area contributed by atoms with Crippen LogP contribution in [0.4, 0.5) is 0 Å². The number of fused-ring (bicyclic) bond motifs is 1. The van der Waals surface area contributed by atoms with Crippen molar-refractivity contribution in [1.82, 2.24) is 10.3 Å². The summed E-state index contributed by atoms with van der Waals surface area (Å²) < 4.78 is 0. The van der Waals surface area contributed by atoms with Gasteiger partial charge in [0.05, 0.1) is 18.7 Å². The van der Waals surface area contributed by atoms with Crippen LogP contribution in [-0.4, -0.2) is 34.7 Å². The number of H-pyrrole nitrogens is 1. The molecule has 1 aromatic heterocycles. The van der Waals surface area contributed by atoms with Gasteiger partial charge >= 0.3 is 0 Å². The molecule has 0 fully saturated rings. The summed E-state index contributed by atoms with van der Waals surface area (Å²) in [7, 11) is 0. The van der Waals surface area contributed by atoms with E-state index < -0.39 is 6.04 Å². The number of aliphatic hydroxyl groups excluding tert-OH is 1. The van der Waals surface area contributed by atoms with Gasteiger partial charge < -0.3 is 21.1 Å². The Kier molecular flexibility index (Phi) is 4.98. The summed E-state index contributed by atoms with van der Waals surface area (Å²) in [5.74, 6) is -0.0627. The molecule has 0 aliphatic rings. The highest BCUT2D eigenvalue weighted by atomic mass is 16.3. The highest BCUT2D eigenvalue weighted by molar-refractivity contribution is 5.86. The van der Waals surface area contributed by atoms with Crippen molar-refractivity contribution >= 4 is 16.8 Å². The fourth-order valence-corrected chi connectivity index (χ4v) is 2.34. The fourth-order valence-electron chi connectivity index (χ4n) is 2.34.